The molecule has 0 bridgehead atoms. The Morgan fingerprint density at radius 2 is 2.05 bits per heavy atom. The van der Waals surface area contributed by atoms with Crippen LogP contribution in [0.25, 0.3) is 0 Å². The highest BCUT2D eigenvalue weighted by Crippen LogP contribution is 2.25. The molecule has 0 radical (unpaired) electrons. The molecule has 114 valence electrons. The molecule has 1 saturated heterocycles. The average Bonchev–Trinajstić information content (AvgIpc) is 2.27. The molecule has 0 amide bonds. The highest BCUT2D eigenvalue weighted by atomic mass is 16.5. The molecular formula is C16H34N2O. The fraction of sp³-hybridized carbons (Fsp3) is 1.00. The Kier molecular flexibility index (Phi) is 6.28. The van der Waals surface area contributed by atoms with Gasteiger partial charge in [-0.25, -0.2) is 0 Å². The molecule has 0 aromatic rings. The highest BCUT2D eigenvalue weighted by molar-refractivity contribution is 4.85. The van der Waals surface area contributed by atoms with Gasteiger partial charge in [-0.05, 0) is 38.1 Å². The predicted molar refractivity (Wildman–Crippen MR) is 82.6 cm³/mol. The molecule has 3 nitrogen and oxygen atoms in total. The van der Waals surface area contributed by atoms with E-state index in [0.717, 1.165) is 38.7 Å². The molecule has 1 unspecified atom stereocenters. The first kappa shape index (κ1) is 16.9. The quantitative estimate of drug-likeness (QED) is 0.770. The average molecular weight is 270 g/mol. The molecule has 1 aliphatic heterocycles. The fourth-order valence-electron chi connectivity index (χ4n) is 2.74. The first-order valence-corrected chi connectivity index (χ1v) is 7.83. The molecule has 1 atom stereocenters. The van der Waals surface area contributed by atoms with Gasteiger partial charge < -0.3 is 10.1 Å². The van der Waals surface area contributed by atoms with E-state index >= 15 is 0 Å². The second-order valence-electron chi connectivity index (χ2n) is 7.51. The van der Waals surface area contributed by atoms with Gasteiger partial charge in [0.1, 0.15) is 0 Å². The van der Waals surface area contributed by atoms with Gasteiger partial charge in [-0.2, -0.15) is 0 Å². The second kappa shape index (κ2) is 7.05. The normalized spacial score (nSPS) is 23.5. The van der Waals surface area contributed by atoms with E-state index in [2.05, 4.69) is 51.8 Å². The van der Waals surface area contributed by atoms with E-state index in [4.69, 9.17) is 4.74 Å². The number of morpholine rings is 1. The third kappa shape index (κ3) is 6.24. The number of hydrogen-bond donors (Lipinski definition) is 1. The van der Waals surface area contributed by atoms with Gasteiger partial charge in [0.15, 0.2) is 0 Å². The molecule has 1 N–H and O–H groups in total. The zero-order valence-corrected chi connectivity index (χ0v) is 13.9. The molecule has 0 saturated carbocycles. The van der Waals surface area contributed by atoms with Crippen LogP contribution in [0, 0.1) is 11.3 Å². The summed E-state index contributed by atoms with van der Waals surface area (Å²) in [6.45, 7) is 20.0. The van der Waals surface area contributed by atoms with Gasteiger partial charge in [0.2, 0.25) is 0 Å². The van der Waals surface area contributed by atoms with Crippen LogP contribution in [0.15, 0.2) is 0 Å². The minimum atomic E-state index is 0.0122. The van der Waals surface area contributed by atoms with Crippen molar-refractivity contribution in [3.8, 4) is 0 Å². The minimum Gasteiger partial charge on any atom is -0.373 e. The summed E-state index contributed by atoms with van der Waals surface area (Å²) in [5.74, 6) is 0.725. The molecular weight excluding hydrogens is 236 g/mol. The van der Waals surface area contributed by atoms with Crippen molar-refractivity contribution in [3.63, 3.8) is 0 Å². The summed E-state index contributed by atoms with van der Waals surface area (Å²) in [5.41, 5.74) is 0.376. The monoisotopic (exact) mass is 270 g/mol. The summed E-state index contributed by atoms with van der Waals surface area (Å²) >= 11 is 0. The van der Waals surface area contributed by atoms with Gasteiger partial charge in [-0.15, -0.1) is 0 Å². The van der Waals surface area contributed by atoms with Crippen molar-refractivity contribution in [1.29, 1.82) is 0 Å². The zero-order chi connectivity index (χ0) is 14.5. The van der Waals surface area contributed by atoms with E-state index in [-0.39, 0.29) is 5.60 Å². The third-order valence-corrected chi connectivity index (χ3v) is 4.07. The molecule has 19 heavy (non-hydrogen) atoms. The molecule has 3 heteroatoms. The van der Waals surface area contributed by atoms with Gasteiger partial charge in [0.05, 0.1) is 12.2 Å². The highest BCUT2D eigenvalue weighted by Gasteiger charge is 2.32. The Labute approximate surface area is 120 Å². The van der Waals surface area contributed by atoms with Gasteiger partial charge in [-0.3, -0.25) is 4.90 Å². The zero-order valence-electron chi connectivity index (χ0n) is 13.9. The Morgan fingerprint density at radius 3 is 2.58 bits per heavy atom. The lowest BCUT2D eigenvalue weighted by Crippen LogP contribution is -2.52. The van der Waals surface area contributed by atoms with Crippen LogP contribution in [0.5, 0.6) is 0 Å². The Morgan fingerprint density at radius 1 is 1.37 bits per heavy atom. The first-order valence-electron chi connectivity index (χ1n) is 7.83. The van der Waals surface area contributed by atoms with E-state index in [0.29, 0.717) is 5.41 Å². The van der Waals surface area contributed by atoms with Crippen LogP contribution >= 0.6 is 0 Å². The van der Waals surface area contributed by atoms with Crippen molar-refractivity contribution in [2.75, 3.05) is 39.3 Å². The van der Waals surface area contributed by atoms with E-state index in [9.17, 15) is 0 Å². The number of nitrogens with one attached hydrogen (secondary N) is 1. The number of rotatable bonds is 7. The van der Waals surface area contributed by atoms with Gasteiger partial charge in [0.25, 0.3) is 0 Å². The Bertz CT molecular complexity index is 265. The Hall–Kier alpha value is -0.120. The topological polar surface area (TPSA) is 24.5 Å². The summed E-state index contributed by atoms with van der Waals surface area (Å²) < 4.78 is 5.80. The van der Waals surface area contributed by atoms with E-state index < -0.39 is 0 Å². The lowest BCUT2D eigenvalue weighted by molar-refractivity contribution is -0.0936. The summed E-state index contributed by atoms with van der Waals surface area (Å²) in [6, 6.07) is 0. The van der Waals surface area contributed by atoms with Crippen molar-refractivity contribution in [2.24, 2.45) is 11.3 Å². The van der Waals surface area contributed by atoms with Gasteiger partial charge >= 0.3 is 0 Å². The molecule has 1 heterocycles. The maximum atomic E-state index is 5.80. The van der Waals surface area contributed by atoms with Crippen molar-refractivity contribution >= 4 is 0 Å². The van der Waals surface area contributed by atoms with E-state index in [1.54, 1.807) is 0 Å². The largest absolute Gasteiger partial charge is 0.373 e. The van der Waals surface area contributed by atoms with Crippen LogP contribution in [-0.4, -0.2) is 49.8 Å². The van der Waals surface area contributed by atoms with Crippen LogP contribution in [0.4, 0.5) is 0 Å². The van der Waals surface area contributed by atoms with Crippen molar-refractivity contribution < 1.29 is 4.74 Å². The smallest absolute Gasteiger partial charge is 0.0753 e. The molecule has 0 spiro atoms. The van der Waals surface area contributed by atoms with Crippen LogP contribution in [0.2, 0.25) is 0 Å². The SMILES string of the molecule is CCC(C)(CNCC(C)C)CN1CCOC(C)(C)C1. The standard InChI is InChI=1S/C16H34N2O/c1-7-16(6,11-17-10-14(2)3)13-18-8-9-19-15(4,5)12-18/h14,17H,7-13H2,1-6H3. The van der Waals surface area contributed by atoms with Crippen LogP contribution in [0.1, 0.15) is 48.0 Å². The lowest BCUT2D eigenvalue weighted by Gasteiger charge is -2.42. The minimum absolute atomic E-state index is 0.0122. The molecule has 0 aliphatic carbocycles. The van der Waals surface area contributed by atoms with E-state index in [1.807, 2.05) is 0 Å². The van der Waals surface area contributed by atoms with Crippen LogP contribution in [-0.2, 0) is 4.74 Å². The summed E-state index contributed by atoms with van der Waals surface area (Å²) in [5, 5.41) is 3.63. The molecule has 0 aromatic heterocycles. The molecule has 1 fully saturated rings. The summed E-state index contributed by atoms with van der Waals surface area (Å²) in [4.78, 5) is 2.57. The fourth-order valence-corrected chi connectivity index (χ4v) is 2.74. The molecule has 1 aliphatic rings. The van der Waals surface area contributed by atoms with Gasteiger partial charge in [-0.1, -0.05) is 27.7 Å². The van der Waals surface area contributed by atoms with Crippen LogP contribution < -0.4 is 5.32 Å². The van der Waals surface area contributed by atoms with Gasteiger partial charge in [0, 0.05) is 26.2 Å². The third-order valence-electron chi connectivity index (χ3n) is 4.07. The van der Waals surface area contributed by atoms with Crippen molar-refractivity contribution in [3.05, 3.63) is 0 Å². The van der Waals surface area contributed by atoms with E-state index in [1.165, 1.54) is 13.0 Å². The van der Waals surface area contributed by atoms with Crippen molar-refractivity contribution in [1.82, 2.24) is 10.2 Å². The van der Waals surface area contributed by atoms with Crippen LogP contribution in [0.3, 0.4) is 0 Å². The molecule has 0 aromatic carbocycles. The lowest BCUT2D eigenvalue weighted by atomic mass is 9.86. The number of hydrogen-bond acceptors (Lipinski definition) is 3. The summed E-state index contributed by atoms with van der Waals surface area (Å²) in [7, 11) is 0. The number of nitrogens with zero attached hydrogens (tertiary/aromatic N) is 1. The second-order valence-corrected chi connectivity index (χ2v) is 7.51. The maximum absolute atomic E-state index is 5.80. The summed E-state index contributed by atoms with van der Waals surface area (Å²) in [6.07, 6.45) is 1.22. The van der Waals surface area contributed by atoms with Crippen molar-refractivity contribution in [2.45, 2.75) is 53.6 Å². The maximum Gasteiger partial charge on any atom is 0.0753 e. The number of ether oxygens (including phenoxy) is 1. The first-order chi connectivity index (χ1) is 8.76. The predicted octanol–water partition coefficient (Wildman–Crippen LogP) is 2.76. The molecule has 1 rings (SSSR count). The Balaban J connectivity index is 2.45.